The van der Waals surface area contributed by atoms with E-state index in [1.807, 2.05) is 39.8 Å². The maximum atomic E-state index is 13.7. The summed E-state index contributed by atoms with van der Waals surface area (Å²) >= 11 is 5.98. The highest BCUT2D eigenvalue weighted by Gasteiger charge is 2.38. The summed E-state index contributed by atoms with van der Waals surface area (Å²) in [5.41, 5.74) is 2.45. The van der Waals surface area contributed by atoms with Crippen LogP contribution in [0.5, 0.6) is 5.75 Å². The molecule has 0 spiro atoms. The lowest BCUT2D eigenvalue weighted by molar-refractivity contribution is 0.0562. The van der Waals surface area contributed by atoms with E-state index in [0.717, 1.165) is 23.1 Å². The Kier molecular flexibility index (Phi) is 5.18. The molecule has 1 amide bonds. The van der Waals surface area contributed by atoms with Crippen molar-refractivity contribution in [2.75, 3.05) is 13.1 Å². The number of carbonyl (C=O) groups is 1. The lowest BCUT2D eigenvalue weighted by Crippen LogP contribution is -2.49. The third-order valence-corrected chi connectivity index (χ3v) is 7.11. The molecule has 2 aromatic carbocycles. The third kappa shape index (κ3) is 3.68. The van der Waals surface area contributed by atoms with Crippen LogP contribution < -0.4 is 10.3 Å². The van der Waals surface area contributed by atoms with Crippen LogP contribution in [0.15, 0.2) is 75.9 Å². The molecule has 6 nitrogen and oxygen atoms in total. The number of hydrogen-bond acceptors (Lipinski definition) is 4. The van der Waals surface area contributed by atoms with E-state index >= 15 is 0 Å². The van der Waals surface area contributed by atoms with Crippen LogP contribution in [0.25, 0.3) is 11.0 Å². The highest BCUT2D eigenvalue weighted by molar-refractivity contribution is 6.30. The molecule has 4 heterocycles. The van der Waals surface area contributed by atoms with Crippen LogP contribution in [-0.4, -0.2) is 28.5 Å². The number of ether oxygens (including phenoxy) is 1. The summed E-state index contributed by atoms with van der Waals surface area (Å²) in [6.07, 6.45) is 0.986. The van der Waals surface area contributed by atoms with Gasteiger partial charge in [0.2, 0.25) is 0 Å². The molecular formula is C27H23ClN2O4. The van der Waals surface area contributed by atoms with Gasteiger partial charge >= 0.3 is 0 Å². The summed E-state index contributed by atoms with van der Waals surface area (Å²) in [7, 11) is 0. The van der Waals surface area contributed by atoms with E-state index in [0.29, 0.717) is 41.7 Å². The highest BCUT2D eigenvalue weighted by Crippen LogP contribution is 2.36. The molecule has 4 aromatic rings. The zero-order chi connectivity index (χ0) is 23.2. The average Bonchev–Trinajstić information content (AvgIpc) is 3.22. The van der Waals surface area contributed by atoms with Gasteiger partial charge in [-0.3, -0.25) is 9.59 Å². The van der Waals surface area contributed by atoms with Crippen molar-refractivity contribution in [3.63, 3.8) is 0 Å². The fourth-order valence-electron chi connectivity index (χ4n) is 5.31. The third-order valence-electron chi connectivity index (χ3n) is 6.86. The number of fused-ring (bicyclic) bond motifs is 5. The van der Waals surface area contributed by atoms with Crippen LogP contribution in [0, 0.1) is 5.92 Å². The fourth-order valence-corrected chi connectivity index (χ4v) is 5.43. The molecule has 7 heteroatoms. The first-order chi connectivity index (χ1) is 16.6. The number of para-hydroxylation sites is 1. The standard InChI is InChI=1S/C27H23ClN2O4/c28-19-8-10-20(11-9-19)33-16-22-21-4-1-2-6-24(21)34-26(22)27(32)29-13-17-12-18(15-29)23-5-3-7-25(31)30(23)14-17/h1-11,17-18H,12-16H2. The number of hydrogen-bond donors (Lipinski definition) is 0. The van der Waals surface area contributed by atoms with E-state index in [2.05, 4.69) is 0 Å². The van der Waals surface area contributed by atoms with Crippen molar-refractivity contribution in [2.24, 2.45) is 5.92 Å². The van der Waals surface area contributed by atoms with E-state index in [-0.39, 0.29) is 29.9 Å². The first-order valence-electron chi connectivity index (χ1n) is 11.4. The molecule has 2 aliphatic heterocycles. The second-order valence-corrected chi connectivity index (χ2v) is 9.49. The summed E-state index contributed by atoms with van der Waals surface area (Å²) in [4.78, 5) is 28.0. The van der Waals surface area contributed by atoms with E-state index in [1.54, 1.807) is 36.4 Å². The van der Waals surface area contributed by atoms with Crippen molar-refractivity contribution in [2.45, 2.75) is 25.5 Å². The zero-order valence-electron chi connectivity index (χ0n) is 18.4. The van der Waals surface area contributed by atoms with Gasteiger partial charge in [-0.2, -0.15) is 0 Å². The molecule has 0 aliphatic carbocycles. The van der Waals surface area contributed by atoms with Crippen LogP contribution in [0.4, 0.5) is 0 Å². The van der Waals surface area contributed by atoms with Crippen LogP contribution in [0.1, 0.15) is 34.2 Å². The molecule has 2 bridgehead atoms. The second kappa shape index (κ2) is 8.37. The maximum absolute atomic E-state index is 13.7. The molecule has 2 aromatic heterocycles. The molecule has 0 N–H and O–H groups in total. The first kappa shape index (κ1) is 21.1. The Morgan fingerprint density at radius 1 is 1.00 bits per heavy atom. The molecule has 0 radical (unpaired) electrons. The van der Waals surface area contributed by atoms with E-state index < -0.39 is 0 Å². The van der Waals surface area contributed by atoms with Crippen LogP contribution in [-0.2, 0) is 13.2 Å². The largest absolute Gasteiger partial charge is 0.489 e. The Morgan fingerprint density at radius 2 is 1.82 bits per heavy atom. The molecule has 2 unspecified atom stereocenters. The van der Waals surface area contributed by atoms with Crippen molar-refractivity contribution in [3.05, 3.63) is 99.1 Å². The monoisotopic (exact) mass is 474 g/mol. The van der Waals surface area contributed by atoms with Gasteiger partial charge in [-0.25, -0.2) is 0 Å². The lowest BCUT2D eigenvalue weighted by Gasteiger charge is -2.42. The number of furan rings is 1. The summed E-state index contributed by atoms with van der Waals surface area (Å²) in [6, 6.07) is 20.2. The SMILES string of the molecule is O=C(c1oc2ccccc2c1COc1ccc(Cl)cc1)N1CC2CC(C1)c1cccc(=O)n1C2. The normalized spacial score (nSPS) is 19.1. The molecule has 1 fully saturated rings. The van der Waals surface area contributed by atoms with Crippen molar-refractivity contribution in [1.29, 1.82) is 0 Å². The van der Waals surface area contributed by atoms with Crippen molar-refractivity contribution in [1.82, 2.24) is 9.47 Å². The summed E-state index contributed by atoms with van der Waals surface area (Å²) in [5, 5.41) is 1.50. The molecule has 6 rings (SSSR count). The maximum Gasteiger partial charge on any atom is 0.290 e. The van der Waals surface area contributed by atoms with Crippen molar-refractivity contribution >= 4 is 28.5 Å². The Labute approximate surface area is 201 Å². The lowest BCUT2D eigenvalue weighted by atomic mass is 9.83. The Bertz CT molecular complexity index is 1440. The first-order valence-corrected chi connectivity index (χ1v) is 11.8. The predicted molar refractivity (Wildman–Crippen MR) is 129 cm³/mol. The zero-order valence-corrected chi connectivity index (χ0v) is 19.2. The number of amides is 1. The number of aromatic nitrogens is 1. The van der Waals surface area contributed by atoms with Gasteiger partial charge in [0, 0.05) is 53.3 Å². The van der Waals surface area contributed by atoms with Gasteiger partial charge < -0.3 is 18.6 Å². The highest BCUT2D eigenvalue weighted by atomic mass is 35.5. The van der Waals surface area contributed by atoms with Crippen LogP contribution >= 0.6 is 11.6 Å². The minimum Gasteiger partial charge on any atom is -0.489 e. The number of halogens is 1. The van der Waals surface area contributed by atoms with Gasteiger partial charge in [-0.05, 0) is 48.7 Å². The number of nitrogens with zero attached hydrogens (tertiary/aromatic N) is 2. The van der Waals surface area contributed by atoms with E-state index in [4.69, 9.17) is 20.8 Å². The van der Waals surface area contributed by atoms with Crippen molar-refractivity contribution in [3.8, 4) is 5.75 Å². The molecular weight excluding hydrogens is 452 g/mol. The van der Waals surface area contributed by atoms with Gasteiger partial charge in [0.25, 0.3) is 11.5 Å². The molecule has 2 atom stereocenters. The molecule has 34 heavy (non-hydrogen) atoms. The van der Waals surface area contributed by atoms with Crippen LogP contribution in [0.2, 0.25) is 5.02 Å². The quantitative estimate of drug-likeness (QED) is 0.413. The predicted octanol–water partition coefficient (Wildman–Crippen LogP) is 5.09. The van der Waals surface area contributed by atoms with E-state index in [9.17, 15) is 9.59 Å². The minimum atomic E-state index is -0.132. The van der Waals surface area contributed by atoms with Gasteiger partial charge in [-0.1, -0.05) is 35.9 Å². The molecule has 2 aliphatic rings. The summed E-state index contributed by atoms with van der Waals surface area (Å²) < 4.78 is 14.0. The Morgan fingerprint density at radius 3 is 2.68 bits per heavy atom. The minimum absolute atomic E-state index is 0.0332. The van der Waals surface area contributed by atoms with Gasteiger partial charge in [-0.15, -0.1) is 0 Å². The van der Waals surface area contributed by atoms with Gasteiger partial charge in [0.1, 0.15) is 17.9 Å². The Hall–Kier alpha value is -3.51. The molecule has 0 saturated carbocycles. The van der Waals surface area contributed by atoms with Crippen molar-refractivity contribution < 1.29 is 13.9 Å². The number of carbonyl (C=O) groups excluding carboxylic acids is 1. The Balaban J connectivity index is 1.31. The fraction of sp³-hybridized carbons (Fsp3) is 0.259. The number of rotatable bonds is 4. The number of likely N-dealkylation sites (tertiary alicyclic amines) is 1. The number of pyridine rings is 1. The smallest absolute Gasteiger partial charge is 0.290 e. The molecule has 1 saturated heterocycles. The van der Waals surface area contributed by atoms with Gasteiger partial charge in [0.05, 0.1) is 0 Å². The van der Waals surface area contributed by atoms with E-state index in [1.165, 1.54) is 0 Å². The molecule has 172 valence electrons. The summed E-state index contributed by atoms with van der Waals surface area (Å²) in [5.74, 6) is 1.24. The van der Waals surface area contributed by atoms with Crippen LogP contribution in [0.3, 0.4) is 0 Å². The topological polar surface area (TPSA) is 64.7 Å². The number of benzene rings is 2. The van der Waals surface area contributed by atoms with Gasteiger partial charge in [0.15, 0.2) is 5.76 Å². The second-order valence-electron chi connectivity index (χ2n) is 9.06. The number of piperidine rings is 1. The summed E-state index contributed by atoms with van der Waals surface area (Å²) in [6.45, 7) is 2.01. The average molecular weight is 475 g/mol.